The van der Waals surface area contributed by atoms with E-state index in [-0.39, 0.29) is 5.91 Å². The molecular weight excluding hydrogens is 552 g/mol. The maximum Gasteiger partial charge on any atom is 0.257 e. The molecule has 0 aliphatic heterocycles. The Morgan fingerprint density at radius 1 is 0.719 bits per heavy atom. The number of hydrogen-bond donors (Lipinski definition) is 2. The summed E-state index contributed by atoms with van der Waals surface area (Å²) in [6, 6.07) is 30.1. The van der Waals surface area contributed by atoms with Gasteiger partial charge < -0.3 is 10.0 Å². The summed E-state index contributed by atoms with van der Waals surface area (Å²) in [6.45, 7) is 0. The van der Waals surface area contributed by atoms with Crippen LogP contribution in [0.2, 0.25) is 0 Å². The summed E-state index contributed by atoms with van der Waals surface area (Å²) in [5.74, 6) is -0.299. The predicted octanol–water partition coefficient (Wildman–Crippen LogP) is 7.27. The van der Waals surface area contributed by atoms with Crippen molar-refractivity contribution in [3.05, 3.63) is 112 Å². The van der Waals surface area contributed by atoms with Crippen LogP contribution in [-0.2, 0) is 11.0 Å². The fourth-order valence-electron chi connectivity index (χ4n) is 3.09. The van der Waals surface area contributed by atoms with Crippen LogP contribution in [0, 0.1) is 0 Å². The van der Waals surface area contributed by atoms with Crippen molar-refractivity contribution >= 4 is 60.1 Å². The molecule has 0 aromatic heterocycles. The van der Waals surface area contributed by atoms with Gasteiger partial charge in [-0.15, -0.1) is 0 Å². The van der Waals surface area contributed by atoms with Crippen molar-refractivity contribution in [1.29, 1.82) is 0 Å². The summed E-state index contributed by atoms with van der Waals surface area (Å²) >= 11 is 6.79. The third-order valence-electron chi connectivity index (χ3n) is 4.71. The van der Waals surface area contributed by atoms with E-state index in [4.69, 9.17) is 0 Å². The number of hydrogen-bond acceptors (Lipinski definition) is 2. The first kappa shape index (κ1) is 22.5. The molecule has 4 nitrogen and oxygen atoms in total. The van der Waals surface area contributed by atoms with Crippen LogP contribution >= 0.6 is 31.9 Å². The zero-order valence-electron chi connectivity index (χ0n) is 16.7. The summed E-state index contributed by atoms with van der Waals surface area (Å²) in [7, 11) is -1.53. The number of nitrogens with one attached hydrogen (secondary N) is 2. The molecule has 32 heavy (non-hydrogen) atoms. The van der Waals surface area contributed by atoms with Gasteiger partial charge in [0.25, 0.3) is 5.91 Å². The van der Waals surface area contributed by atoms with Crippen molar-refractivity contribution in [1.82, 2.24) is 0 Å². The second-order valence-corrected chi connectivity index (χ2v) is 9.96. The molecule has 0 bridgehead atoms. The van der Waals surface area contributed by atoms with Gasteiger partial charge in [-0.2, -0.15) is 0 Å². The Bertz CT molecular complexity index is 1260. The molecule has 1 amide bonds. The monoisotopic (exact) mass is 568 g/mol. The molecule has 0 saturated carbocycles. The van der Waals surface area contributed by atoms with E-state index in [1.54, 1.807) is 30.3 Å². The van der Waals surface area contributed by atoms with Crippen molar-refractivity contribution in [2.24, 2.45) is 0 Å². The molecule has 2 N–H and O–H groups in total. The summed E-state index contributed by atoms with van der Waals surface area (Å²) in [5.41, 5.74) is 3.67. The van der Waals surface area contributed by atoms with E-state index in [1.165, 1.54) is 0 Å². The van der Waals surface area contributed by atoms with Crippen LogP contribution in [0.15, 0.2) is 111 Å². The number of amides is 1. The molecule has 0 fully saturated rings. The molecule has 1 atom stereocenters. The van der Waals surface area contributed by atoms with Crippen molar-refractivity contribution in [2.45, 2.75) is 4.90 Å². The zero-order chi connectivity index (χ0) is 22.5. The first-order chi connectivity index (χ1) is 15.5. The molecule has 0 saturated heterocycles. The molecule has 0 heterocycles. The SMILES string of the molecule is O=C(Nc1ccc(Br)cc1)c1cc(Br)ccc1NS(=O)c1ccc(-c2ccccc2)cc1. The standard InChI is InChI=1S/C25H18Br2N2O2S/c26-19-8-11-21(12-9-19)28-25(30)23-16-20(27)10-15-24(23)29-32(31)22-13-6-18(7-14-22)17-4-2-1-3-5-17/h1-16,29H,(H,28,30). The molecule has 160 valence electrons. The third kappa shape index (κ3) is 5.54. The lowest BCUT2D eigenvalue weighted by molar-refractivity contribution is 0.102. The number of benzene rings is 4. The van der Waals surface area contributed by atoms with Gasteiger partial charge in [0.1, 0.15) is 11.0 Å². The summed E-state index contributed by atoms with van der Waals surface area (Å²) in [4.78, 5) is 13.5. The normalized spacial score (nSPS) is 11.6. The summed E-state index contributed by atoms with van der Waals surface area (Å²) in [6.07, 6.45) is 0. The van der Waals surface area contributed by atoms with Gasteiger partial charge in [-0.1, -0.05) is 74.3 Å². The molecule has 4 aromatic carbocycles. The van der Waals surface area contributed by atoms with Crippen molar-refractivity contribution in [2.75, 3.05) is 10.0 Å². The van der Waals surface area contributed by atoms with E-state index in [9.17, 15) is 9.00 Å². The number of carbonyl (C=O) groups is 1. The largest absolute Gasteiger partial charge is 0.322 e. The minimum atomic E-state index is -1.53. The average Bonchev–Trinajstić information content (AvgIpc) is 2.82. The molecule has 4 rings (SSSR count). The molecule has 4 aromatic rings. The Hall–Kier alpha value is -2.74. The lowest BCUT2D eigenvalue weighted by atomic mass is 10.1. The van der Waals surface area contributed by atoms with Gasteiger partial charge in [0.15, 0.2) is 0 Å². The van der Waals surface area contributed by atoms with Crippen LogP contribution in [0.3, 0.4) is 0 Å². The average molecular weight is 570 g/mol. The van der Waals surface area contributed by atoms with Gasteiger partial charge in [-0.25, -0.2) is 4.21 Å². The van der Waals surface area contributed by atoms with E-state index in [0.29, 0.717) is 21.8 Å². The Labute approximate surface area is 205 Å². The highest BCUT2D eigenvalue weighted by Gasteiger charge is 2.15. The van der Waals surface area contributed by atoms with E-state index in [2.05, 4.69) is 41.9 Å². The Balaban J connectivity index is 1.53. The van der Waals surface area contributed by atoms with Crippen molar-refractivity contribution in [3.63, 3.8) is 0 Å². The highest BCUT2D eigenvalue weighted by molar-refractivity contribution is 9.10. The fraction of sp³-hybridized carbons (Fsp3) is 0. The van der Waals surface area contributed by atoms with E-state index < -0.39 is 11.0 Å². The molecule has 0 aliphatic rings. The minimum Gasteiger partial charge on any atom is -0.322 e. The van der Waals surface area contributed by atoms with Crippen LogP contribution in [0.25, 0.3) is 11.1 Å². The van der Waals surface area contributed by atoms with Crippen molar-refractivity contribution in [3.8, 4) is 11.1 Å². The number of halogens is 2. The molecule has 0 spiro atoms. The highest BCUT2D eigenvalue weighted by atomic mass is 79.9. The first-order valence-corrected chi connectivity index (χ1v) is 12.4. The summed E-state index contributed by atoms with van der Waals surface area (Å²) < 4.78 is 17.6. The van der Waals surface area contributed by atoms with Gasteiger partial charge in [0.2, 0.25) is 0 Å². The second-order valence-electron chi connectivity index (χ2n) is 6.91. The zero-order valence-corrected chi connectivity index (χ0v) is 20.7. The number of rotatable bonds is 6. The molecular formula is C25H18Br2N2O2S. The lowest BCUT2D eigenvalue weighted by Gasteiger charge is -2.13. The van der Waals surface area contributed by atoms with Gasteiger partial charge in [-0.3, -0.25) is 4.79 Å². The van der Waals surface area contributed by atoms with Crippen LogP contribution in [-0.4, -0.2) is 10.1 Å². The fourth-order valence-corrected chi connectivity index (χ4v) is 4.59. The molecule has 0 aliphatic carbocycles. The van der Waals surface area contributed by atoms with Gasteiger partial charge in [0, 0.05) is 14.6 Å². The third-order valence-corrected chi connectivity index (χ3v) is 6.83. The van der Waals surface area contributed by atoms with Gasteiger partial charge in [-0.05, 0) is 65.7 Å². The Morgan fingerprint density at radius 3 is 2.03 bits per heavy atom. The van der Waals surface area contributed by atoms with E-state index >= 15 is 0 Å². The second kappa shape index (κ2) is 10.3. The summed E-state index contributed by atoms with van der Waals surface area (Å²) in [5, 5.41) is 2.87. The minimum absolute atomic E-state index is 0.299. The highest BCUT2D eigenvalue weighted by Crippen LogP contribution is 2.26. The lowest BCUT2D eigenvalue weighted by Crippen LogP contribution is -2.16. The van der Waals surface area contributed by atoms with Gasteiger partial charge in [0.05, 0.1) is 16.1 Å². The molecule has 1 unspecified atom stereocenters. The topological polar surface area (TPSA) is 58.2 Å². The predicted molar refractivity (Wildman–Crippen MR) is 138 cm³/mol. The molecule has 7 heteroatoms. The number of anilines is 2. The maximum absolute atomic E-state index is 13.0. The van der Waals surface area contributed by atoms with Crippen LogP contribution < -0.4 is 10.0 Å². The maximum atomic E-state index is 13.0. The van der Waals surface area contributed by atoms with E-state index in [0.717, 1.165) is 20.1 Å². The van der Waals surface area contributed by atoms with E-state index in [1.807, 2.05) is 66.7 Å². The Morgan fingerprint density at radius 2 is 1.34 bits per heavy atom. The van der Waals surface area contributed by atoms with Crippen molar-refractivity contribution < 1.29 is 9.00 Å². The first-order valence-electron chi connectivity index (χ1n) is 9.70. The van der Waals surface area contributed by atoms with Crippen LogP contribution in [0.4, 0.5) is 11.4 Å². The smallest absolute Gasteiger partial charge is 0.257 e. The molecule has 0 radical (unpaired) electrons. The quantitative estimate of drug-likeness (QED) is 0.256. The van der Waals surface area contributed by atoms with Gasteiger partial charge >= 0.3 is 0 Å². The number of carbonyl (C=O) groups excluding carboxylic acids is 1. The Kier molecular flexibility index (Phi) is 7.19. The van der Waals surface area contributed by atoms with Crippen LogP contribution in [0.1, 0.15) is 10.4 Å². The van der Waals surface area contributed by atoms with Crippen LogP contribution in [0.5, 0.6) is 0 Å².